The number of carbonyl (C=O) groups is 1. The smallest absolute Gasteiger partial charge is 0.248 e. The lowest BCUT2D eigenvalue weighted by Gasteiger charge is -2.04. The number of rotatable bonds is 2. The number of aromatic amines is 2. The van der Waals surface area contributed by atoms with Crippen LogP contribution in [0.1, 0.15) is 15.9 Å². The largest absolute Gasteiger partial charge is 0.366 e. The number of nitrogens with two attached hydrogens (primary N) is 1. The van der Waals surface area contributed by atoms with E-state index < -0.39 is 5.91 Å². The van der Waals surface area contributed by atoms with Crippen molar-refractivity contribution in [3.63, 3.8) is 0 Å². The van der Waals surface area contributed by atoms with Crippen molar-refractivity contribution in [3.8, 4) is 11.3 Å². The van der Waals surface area contributed by atoms with Crippen LogP contribution in [0.2, 0.25) is 0 Å². The van der Waals surface area contributed by atoms with Crippen LogP contribution in [0.5, 0.6) is 0 Å². The molecule has 0 aliphatic rings. The maximum absolute atomic E-state index is 11.2. The van der Waals surface area contributed by atoms with Gasteiger partial charge in [-0.05, 0) is 24.6 Å². The van der Waals surface area contributed by atoms with E-state index in [0.29, 0.717) is 5.56 Å². The molecule has 0 radical (unpaired) electrons. The molecule has 0 saturated heterocycles. The Morgan fingerprint density at radius 3 is 2.94 bits per heavy atom. The van der Waals surface area contributed by atoms with Crippen molar-refractivity contribution in [2.45, 2.75) is 6.92 Å². The van der Waals surface area contributed by atoms with Crippen LogP contribution in [0.15, 0.2) is 30.6 Å². The number of benzene rings is 1. The Hall–Kier alpha value is -2.56. The average molecular weight is 240 g/mol. The summed E-state index contributed by atoms with van der Waals surface area (Å²) in [6.45, 7) is 1.98. The van der Waals surface area contributed by atoms with E-state index in [4.69, 9.17) is 5.73 Å². The summed E-state index contributed by atoms with van der Waals surface area (Å²) in [6.07, 6.45) is 3.73. The van der Waals surface area contributed by atoms with Gasteiger partial charge in [-0.25, -0.2) is 0 Å². The number of fused-ring (bicyclic) bond motifs is 1. The highest BCUT2D eigenvalue weighted by Gasteiger charge is 2.12. The second-order valence-electron chi connectivity index (χ2n) is 4.25. The van der Waals surface area contributed by atoms with Crippen LogP contribution < -0.4 is 5.73 Å². The molecule has 0 spiro atoms. The summed E-state index contributed by atoms with van der Waals surface area (Å²) in [5.41, 5.74) is 9.52. The minimum Gasteiger partial charge on any atom is -0.366 e. The van der Waals surface area contributed by atoms with Crippen LogP contribution in [-0.2, 0) is 0 Å². The van der Waals surface area contributed by atoms with Gasteiger partial charge in [0.1, 0.15) is 5.69 Å². The molecule has 0 atom stereocenters. The number of aryl methyl sites for hydroxylation is 1. The predicted octanol–water partition coefficient (Wildman–Crippen LogP) is 1.97. The van der Waals surface area contributed by atoms with Gasteiger partial charge in [0.2, 0.25) is 5.91 Å². The number of hydrogen-bond acceptors (Lipinski definition) is 2. The van der Waals surface area contributed by atoms with E-state index in [0.717, 1.165) is 27.7 Å². The minimum absolute atomic E-state index is 0.433. The summed E-state index contributed by atoms with van der Waals surface area (Å²) in [6, 6.07) is 5.38. The van der Waals surface area contributed by atoms with Gasteiger partial charge >= 0.3 is 0 Å². The number of nitrogens with zero attached hydrogens (tertiary/aromatic N) is 1. The maximum Gasteiger partial charge on any atom is 0.248 e. The zero-order chi connectivity index (χ0) is 12.7. The molecule has 18 heavy (non-hydrogen) atoms. The van der Waals surface area contributed by atoms with Gasteiger partial charge in [-0.15, -0.1) is 0 Å². The standard InChI is InChI=1S/C13H12N4O/c1-7-2-3-8(13(14)18)4-9(7)12-10-5-15-6-11(10)16-17-12/h2-6,15-16H,1H3,(H2,14,18). The molecule has 2 heterocycles. The zero-order valence-electron chi connectivity index (χ0n) is 9.82. The normalized spacial score (nSPS) is 10.9. The monoisotopic (exact) mass is 240 g/mol. The number of H-pyrrole nitrogens is 2. The second kappa shape index (κ2) is 3.73. The van der Waals surface area contributed by atoms with Gasteiger partial charge in [0, 0.05) is 28.9 Å². The molecule has 3 rings (SSSR count). The zero-order valence-corrected chi connectivity index (χ0v) is 9.82. The van der Waals surface area contributed by atoms with Crippen molar-refractivity contribution in [2.24, 2.45) is 5.73 Å². The first-order valence-corrected chi connectivity index (χ1v) is 5.58. The molecule has 5 heteroatoms. The molecule has 2 aromatic heterocycles. The van der Waals surface area contributed by atoms with Gasteiger partial charge in [-0.3, -0.25) is 9.89 Å². The quantitative estimate of drug-likeness (QED) is 0.639. The van der Waals surface area contributed by atoms with Crippen LogP contribution in [0.4, 0.5) is 0 Å². The van der Waals surface area contributed by atoms with Crippen LogP contribution >= 0.6 is 0 Å². The van der Waals surface area contributed by atoms with Crippen molar-refractivity contribution in [1.82, 2.24) is 15.2 Å². The Labute approximate surface area is 103 Å². The van der Waals surface area contributed by atoms with Crippen LogP contribution in [0, 0.1) is 6.92 Å². The first-order chi connectivity index (χ1) is 8.66. The molecule has 90 valence electrons. The summed E-state index contributed by atoms with van der Waals surface area (Å²) in [4.78, 5) is 14.3. The van der Waals surface area contributed by atoms with E-state index in [1.54, 1.807) is 12.1 Å². The van der Waals surface area contributed by atoms with Gasteiger partial charge in [0.25, 0.3) is 0 Å². The van der Waals surface area contributed by atoms with Crippen molar-refractivity contribution >= 4 is 16.8 Å². The van der Waals surface area contributed by atoms with E-state index in [-0.39, 0.29) is 0 Å². The lowest BCUT2D eigenvalue weighted by molar-refractivity contribution is 0.100. The Morgan fingerprint density at radius 2 is 2.17 bits per heavy atom. The number of primary amides is 1. The van der Waals surface area contributed by atoms with Gasteiger partial charge in [-0.2, -0.15) is 5.10 Å². The summed E-state index contributed by atoms with van der Waals surface area (Å²) >= 11 is 0. The molecule has 0 unspecified atom stereocenters. The van der Waals surface area contributed by atoms with Crippen LogP contribution in [0.25, 0.3) is 22.2 Å². The molecule has 0 aliphatic carbocycles. The van der Waals surface area contributed by atoms with Gasteiger partial charge < -0.3 is 10.7 Å². The van der Waals surface area contributed by atoms with Crippen molar-refractivity contribution in [2.75, 3.05) is 0 Å². The topological polar surface area (TPSA) is 87.6 Å². The summed E-state index contributed by atoms with van der Waals surface area (Å²) < 4.78 is 0. The third kappa shape index (κ3) is 1.48. The third-order valence-corrected chi connectivity index (χ3v) is 3.07. The Kier molecular flexibility index (Phi) is 2.19. The van der Waals surface area contributed by atoms with E-state index in [1.807, 2.05) is 25.4 Å². The highest BCUT2D eigenvalue weighted by molar-refractivity contribution is 5.97. The molecule has 1 amide bonds. The molecular formula is C13H12N4O. The van der Waals surface area contributed by atoms with Crippen molar-refractivity contribution in [1.29, 1.82) is 0 Å². The summed E-state index contributed by atoms with van der Waals surface area (Å²) in [7, 11) is 0. The van der Waals surface area contributed by atoms with Crippen molar-refractivity contribution in [3.05, 3.63) is 41.7 Å². The SMILES string of the molecule is Cc1ccc(C(N)=O)cc1-c1n[nH]c2c[nH]cc12. The molecule has 0 aliphatic heterocycles. The fraction of sp³-hybridized carbons (Fsp3) is 0.0769. The highest BCUT2D eigenvalue weighted by atomic mass is 16.1. The van der Waals surface area contributed by atoms with Crippen LogP contribution in [0.3, 0.4) is 0 Å². The molecule has 0 saturated carbocycles. The number of nitrogens with one attached hydrogen (secondary N) is 2. The van der Waals surface area contributed by atoms with E-state index in [1.165, 1.54) is 0 Å². The lowest BCUT2D eigenvalue weighted by Crippen LogP contribution is -2.11. The Balaban J connectivity index is 2.25. The molecule has 5 nitrogen and oxygen atoms in total. The fourth-order valence-electron chi connectivity index (χ4n) is 2.06. The molecule has 0 fully saturated rings. The number of carbonyl (C=O) groups excluding carboxylic acids is 1. The number of amides is 1. The molecule has 1 aromatic carbocycles. The average Bonchev–Trinajstić information content (AvgIpc) is 2.91. The minimum atomic E-state index is -0.433. The summed E-state index contributed by atoms with van der Waals surface area (Å²) in [5, 5.41) is 8.23. The van der Waals surface area contributed by atoms with Crippen molar-refractivity contribution < 1.29 is 4.79 Å². The first-order valence-electron chi connectivity index (χ1n) is 5.58. The molecular weight excluding hydrogens is 228 g/mol. The van der Waals surface area contributed by atoms with Crippen LogP contribution in [-0.4, -0.2) is 21.1 Å². The van der Waals surface area contributed by atoms with Gasteiger partial charge in [0.05, 0.1) is 5.52 Å². The maximum atomic E-state index is 11.2. The van der Waals surface area contributed by atoms with E-state index in [2.05, 4.69) is 15.2 Å². The van der Waals surface area contributed by atoms with Gasteiger partial charge in [-0.1, -0.05) is 6.07 Å². The number of aromatic nitrogens is 3. The Morgan fingerprint density at radius 1 is 1.33 bits per heavy atom. The second-order valence-corrected chi connectivity index (χ2v) is 4.25. The van der Waals surface area contributed by atoms with Gasteiger partial charge in [0.15, 0.2) is 0 Å². The van der Waals surface area contributed by atoms with E-state index in [9.17, 15) is 4.79 Å². The predicted molar refractivity (Wildman–Crippen MR) is 69.1 cm³/mol. The van der Waals surface area contributed by atoms with E-state index >= 15 is 0 Å². The Bertz CT molecular complexity index is 738. The highest BCUT2D eigenvalue weighted by Crippen LogP contribution is 2.29. The molecule has 0 bridgehead atoms. The molecule has 3 aromatic rings. The molecule has 4 N–H and O–H groups in total. The lowest BCUT2D eigenvalue weighted by atomic mass is 10.0. The first kappa shape index (κ1) is 10.6. The fourth-order valence-corrected chi connectivity index (χ4v) is 2.06. The number of hydrogen-bond donors (Lipinski definition) is 3. The summed E-state index contributed by atoms with van der Waals surface area (Å²) in [5.74, 6) is -0.433. The third-order valence-electron chi connectivity index (χ3n) is 3.07.